The third-order valence-electron chi connectivity index (χ3n) is 5.18. The molecule has 6 nitrogen and oxygen atoms in total. The number of benzene rings is 2. The Hall–Kier alpha value is -2.97. The molecule has 0 saturated carbocycles. The second-order valence-electron chi connectivity index (χ2n) is 7.26. The van der Waals surface area contributed by atoms with Crippen molar-refractivity contribution in [1.82, 2.24) is 4.57 Å². The molecule has 154 valence electrons. The van der Waals surface area contributed by atoms with Crippen molar-refractivity contribution in [2.75, 3.05) is 18.5 Å². The Morgan fingerprint density at radius 2 is 2.17 bits per heavy atom. The van der Waals surface area contributed by atoms with Gasteiger partial charge in [-0.15, -0.1) is 11.3 Å². The maximum Gasteiger partial charge on any atom is 0.262 e. The number of rotatable bonds is 4. The van der Waals surface area contributed by atoms with Crippen molar-refractivity contribution in [3.8, 4) is 17.0 Å². The summed E-state index contributed by atoms with van der Waals surface area (Å²) in [4.78, 5) is 17.0. The fourth-order valence-electron chi connectivity index (χ4n) is 3.71. The summed E-state index contributed by atoms with van der Waals surface area (Å²) in [5.41, 5.74) is 2.81. The second kappa shape index (κ2) is 8.04. The number of thiazole rings is 1. The molecule has 1 unspecified atom stereocenters. The standard InChI is InChI=1S/C22H20FN3O3S/c23-16-5-1-2-6-17(16)25-22-26(11-15-4-3-9-28-15)19(13-30-22)14-7-8-20-18(10-14)24-21(27)12-29-20/h1-2,5-8,10,13,15H,3-4,9,11-12H2,(H,24,27). The van der Waals surface area contributed by atoms with E-state index in [1.807, 2.05) is 23.6 Å². The average Bonchev–Trinajstić information content (AvgIpc) is 3.40. The van der Waals surface area contributed by atoms with Gasteiger partial charge in [0.1, 0.15) is 17.3 Å². The largest absolute Gasteiger partial charge is 0.482 e. The van der Waals surface area contributed by atoms with Crippen LogP contribution in [0.25, 0.3) is 11.3 Å². The molecule has 1 aromatic heterocycles. The van der Waals surface area contributed by atoms with Gasteiger partial charge in [0, 0.05) is 17.6 Å². The number of amides is 1. The molecule has 2 aromatic carbocycles. The molecule has 8 heteroatoms. The van der Waals surface area contributed by atoms with Gasteiger partial charge in [-0.1, -0.05) is 12.1 Å². The molecule has 0 bridgehead atoms. The van der Waals surface area contributed by atoms with Gasteiger partial charge >= 0.3 is 0 Å². The minimum atomic E-state index is -0.357. The van der Waals surface area contributed by atoms with Crippen molar-refractivity contribution in [2.45, 2.75) is 25.5 Å². The number of nitrogens with zero attached hydrogens (tertiary/aromatic N) is 2. The Balaban J connectivity index is 1.60. The van der Waals surface area contributed by atoms with Crippen LogP contribution in [0.3, 0.4) is 0 Å². The maximum absolute atomic E-state index is 14.2. The zero-order valence-electron chi connectivity index (χ0n) is 16.1. The number of hydrogen-bond acceptors (Lipinski definition) is 5. The molecule has 1 N–H and O–H groups in total. The number of carbonyl (C=O) groups excluding carboxylic acids is 1. The van der Waals surface area contributed by atoms with Crippen LogP contribution in [0.1, 0.15) is 12.8 Å². The molecule has 30 heavy (non-hydrogen) atoms. The number of nitrogens with one attached hydrogen (secondary N) is 1. The van der Waals surface area contributed by atoms with Crippen molar-refractivity contribution in [3.05, 3.63) is 58.5 Å². The first-order valence-corrected chi connectivity index (χ1v) is 10.7. The van der Waals surface area contributed by atoms with Gasteiger partial charge in [-0.25, -0.2) is 9.38 Å². The van der Waals surface area contributed by atoms with Crippen LogP contribution in [0.4, 0.5) is 15.8 Å². The molecular formula is C22H20FN3O3S. The lowest BCUT2D eigenvalue weighted by molar-refractivity contribution is -0.118. The van der Waals surface area contributed by atoms with Crippen LogP contribution in [-0.2, 0) is 16.1 Å². The van der Waals surface area contributed by atoms with E-state index in [2.05, 4.69) is 14.9 Å². The summed E-state index contributed by atoms with van der Waals surface area (Å²) in [5.74, 6) is 0.118. The second-order valence-corrected chi connectivity index (χ2v) is 8.10. The summed E-state index contributed by atoms with van der Waals surface area (Å²) in [5, 5.41) is 4.85. The summed E-state index contributed by atoms with van der Waals surface area (Å²) < 4.78 is 27.6. The predicted octanol–water partition coefficient (Wildman–Crippen LogP) is 4.10. The summed E-state index contributed by atoms with van der Waals surface area (Å²) in [6.07, 6.45) is 2.11. The fraction of sp³-hybridized carbons (Fsp3) is 0.273. The molecule has 2 aliphatic rings. The van der Waals surface area contributed by atoms with E-state index < -0.39 is 0 Å². The molecule has 1 atom stereocenters. The van der Waals surface area contributed by atoms with Crippen molar-refractivity contribution >= 4 is 28.6 Å². The van der Waals surface area contributed by atoms with Gasteiger partial charge in [-0.2, -0.15) is 0 Å². The first-order valence-electron chi connectivity index (χ1n) is 9.83. The summed E-state index contributed by atoms with van der Waals surface area (Å²) in [7, 11) is 0. The highest BCUT2D eigenvalue weighted by Gasteiger charge is 2.21. The van der Waals surface area contributed by atoms with E-state index in [1.165, 1.54) is 17.4 Å². The number of anilines is 1. The van der Waals surface area contributed by atoms with Crippen LogP contribution in [-0.4, -0.2) is 29.8 Å². The fourth-order valence-corrected chi connectivity index (χ4v) is 4.64. The highest BCUT2D eigenvalue weighted by molar-refractivity contribution is 7.07. The number of halogens is 1. The van der Waals surface area contributed by atoms with Crippen LogP contribution in [0.15, 0.2) is 52.8 Å². The van der Waals surface area contributed by atoms with Gasteiger partial charge in [0.05, 0.1) is 24.0 Å². The van der Waals surface area contributed by atoms with Gasteiger partial charge < -0.3 is 19.4 Å². The lowest BCUT2D eigenvalue weighted by Gasteiger charge is -2.19. The molecule has 0 radical (unpaired) electrons. The minimum absolute atomic E-state index is 0.0233. The van der Waals surface area contributed by atoms with Crippen LogP contribution >= 0.6 is 11.3 Å². The van der Waals surface area contributed by atoms with Crippen molar-refractivity contribution < 1.29 is 18.7 Å². The zero-order valence-corrected chi connectivity index (χ0v) is 17.0. The van der Waals surface area contributed by atoms with Crippen molar-refractivity contribution in [2.24, 2.45) is 4.99 Å². The number of carbonyl (C=O) groups is 1. The lowest BCUT2D eigenvalue weighted by atomic mass is 10.1. The predicted molar refractivity (Wildman–Crippen MR) is 112 cm³/mol. The van der Waals surface area contributed by atoms with E-state index in [4.69, 9.17) is 9.47 Å². The molecule has 5 rings (SSSR count). The molecule has 0 aliphatic carbocycles. The third-order valence-corrected chi connectivity index (χ3v) is 6.05. The number of ether oxygens (including phenoxy) is 2. The van der Waals surface area contributed by atoms with Gasteiger partial charge in [0.2, 0.25) is 0 Å². The van der Waals surface area contributed by atoms with E-state index >= 15 is 0 Å². The first kappa shape index (κ1) is 19.0. The quantitative estimate of drug-likeness (QED) is 0.685. The van der Waals surface area contributed by atoms with Crippen LogP contribution in [0.2, 0.25) is 0 Å². The number of fused-ring (bicyclic) bond motifs is 1. The number of aromatic nitrogens is 1. The van der Waals surface area contributed by atoms with Crippen LogP contribution in [0.5, 0.6) is 5.75 Å². The average molecular weight is 425 g/mol. The molecule has 0 spiro atoms. The Morgan fingerprint density at radius 3 is 3.00 bits per heavy atom. The number of para-hydroxylation sites is 1. The molecule has 1 amide bonds. The van der Waals surface area contributed by atoms with E-state index in [-0.39, 0.29) is 24.4 Å². The van der Waals surface area contributed by atoms with Crippen LogP contribution in [0, 0.1) is 5.82 Å². The summed E-state index contributed by atoms with van der Waals surface area (Å²) >= 11 is 1.45. The summed E-state index contributed by atoms with van der Waals surface area (Å²) in [6.45, 7) is 1.41. The monoisotopic (exact) mass is 425 g/mol. The molecular weight excluding hydrogens is 405 g/mol. The van der Waals surface area contributed by atoms with Crippen molar-refractivity contribution in [1.29, 1.82) is 0 Å². The molecule has 2 aliphatic heterocycles. The van der Waals surface area contributed by atoms with Gasteiger partial charge in [0.15, 0.2) is 11.4 Å². The van der Waals surface area contributed by atoms with E-state index in [0.717, 1.165) is 30.7 Å². The Kier molecular flexibility index (Phi) is 5.10. The summed E-state index contributed by atoms with van der Waals surface area (Å²) in [6, 6.07) is 12.2. The highest BCUT2D eigenvalue weighted by Crippen LogP contribution is 2.33. The molecule has 3 heterocycles. The SMILES string of the molecule is O=C1COc2ccc(-c3csc(=Nc4ccccc4F)n3CC3CCCO3)cc2N1. The minimum Gasteiger partial charge on any atom is -0.482 e. The van der Waals surface area contributed by atoms with Gasteiger partial charge in [0.25, 0.3) is 5.91 Å². The zero-order chi connectivity index (χ0) is 20.5. The van der Waals surface area contributed by atoms with E-state index in [1.54, 1.807) is 18.2 Å². The van der Waals surface area contributed by atoms with Crippen molar-refractivity contribution in [3.63, 3.8) is 0 Å². The first-order chi connectivity index (χ1) is 14.7. The highest BCUT2D eigenvalue weighted by atomic mass is 32.1. The topological polar surface area (TPSA) is 64.8 Å². The Morgan fingerprint density at radius 1 is 1.27 bits per heavy atom. The van der Waals surface area contributed by atoms with E-state index in [9.17, 15) is 9.18 Å². The lowest BCUT2D eigenvalue weighted by Crippen LogP contribution is -2.25. The van der Waals surface area contributed by atoms with E-state index in [0.29, 0.717) is 28.5 Å². The van der Waals surface area contributed by atoms with Gasteiger partial charge in [-0.3, -0.25) is 4.79 Å². The molecule has 3 aromatic rings. The third kappa shape index (κ3) is 3.76. The molecule has 1 fully saturated rings. The van der Waals surface area contributed by atoms with Gasteiger partial charge in [-0.05, 0) is 43.2 Å². The molecule has 1 saturated heterocycles. The Labute approximate surface area is 176 Å². The Bertz CT molecular complexity index is 1160. The smallest absolute Gasteiger partial charge is 0.262 e. The maximum atomic E-state index is 14.2. The normalized spacial score (nSPS) is 18.8. The number of hydrogen-bond donors (Lipinski definition) is 1. The van der Waals surface area contributed by atoms with Crippen LogP contribution < -0.4 is 14.9 Å².